The van der Waals surface area contributed by atoms with Crippen LogP contribution in [0.15, 0.2) is 52.6 Å². The minimum absolute atomic E-state index is 0.00572. The summed E-state index contributed by atoms with van der Waals surface area (Å²) in [5.41, 5.74) is 4.08. The Balaban J connectivity index is 2.12. The van der Waals surface area contributed by atoms with Crippen LogP contribution in [0.5, 0.6) is 0 Å². The number of nitrogens with one attached hydrogen (secondary N) is 1. The molecule has 1 aromatic carbocycles. The van der Waals surface area contributed by atoms with Gasteiger partial charge in [0.15, 0.2) is 0 Å². The highest BCUT2D eigenvalue weighted by atomic mass is 32.2. The van der Waals surface area contributed by atoms with Crippen molar-refractivity contribution < 1.29 is 13.3 Å². The number of hydrogen-bond donors (Lipinski definition) is 1. The molecule has 9 nitrogen and oxygen atoms in total. The predicted octanol–water partition coefficient (Wildman–Crippen LogP) is 2.86. The second kappa shape index (κ2) is 8.69. The molecule has 1 aromatic heterocycles. The van der Waals surface area contributed by atoms with Crippen molar-refractivity contribution in [1.82, 2.24) is 9.29 Å². The summed E-state index contributed by atoms with van der Waals surface area (Å²) in [5.74, 6) is 0.384. The molecule has 0 bridgehead atoms. The van der Waals surface area contributed by atoms with Crippen molar-refractivity contribution in [2.75, 3.05) is 18.5 Å². The predicted molar refractivity (Wildman–Crippen MR) is 103 cm³/mol. The third-order valence-corrected chi connectivity index (χ3v) is 5.95. The molecule has 1 heterocycles. The van der Waals surface area contributed by atoms with Crippen LogP contribution in [0.4, 0.5) is 11.5 Å². The highest BCUT2D eigenvalue weighted by molar-refractivity contribution is 7.89. The minimum atomic E-state index is -3.55. The second-order valence-electron chi connectivity index (χ2n) is 5.58. The lowest BCUT2D eigenvalue weighted by Gasteiger charge is -2.18. The number of nitro benzene ring substituents is 1. The van der Waals surface area contributed by atoms with Crippen LogP contribution in [0.25, 0.3) is 0 Å². The molecular weight excluding hydrogens is 370 g/mol. The topological polar surface area (TPSA) is 118 Å². The van der Waals surface area contributed by atoms with Gasteiger partial charge >= 0.3 is 0 Å². The smallest absolute Gasteiger partial charge is 0.261 e. The van der Waals surface area contributed by atoms with E-state index >= 15 is 0 Å². The first-order valence-electron chi connectivity index (χ1n) is 8.31. The van der Waals surface area contributed by atoms with E-state index in [4.69, 9.17) is 0 Å². The minimum Gasteiger partial charge on any atom is -0.261 e. The van der Waals surface area contributed by atoms with E-state index in [1.54, 1.807) is 32.9 Å². The van der Waals surface area contributed by atoms with Crippen molar-refractivity contribution >= 4 is 27.2 Å². The van der Waals surface area contributed by atoms with E-state index < -0.39 is 14.9 Å². The van der Waals surface area contributed by atoms with Crippen LogP contribution >= 0.6 is 0 Å². The van der Waals surface area contributed by atoms with Gasteiger partial charge in [-0.15, -0.1) is 0 Å². The van der Waals surface area contributed by atoms with Gasteiger partial charge in [-0.1, -0.05) is 13.8 Å². The van der Waals surface area contributed by atoms with Gasteiger partial charge in [-0.3, -0.25) is 15.5 Å². The molecule has 0 aliphatic rings. The molecule has 27 heavy (non-hydrogen) atoms. The number of aromatic nitrogens is 1. The van der Waals surface area contributed by atoms with E-state index in [-0.39, 0.29) is 10.6 Å². The van der Waals surface area contributed by atoms with Crippen LogP contribution < -0.4 is 5.43 Å². The third kappa shape index (κ3) is 4.86. The van der Waals surface area contributed by atoms with Crippen LogP contribution in [0.2, 0.25) is 0 Å². The van der Waals surface area contributed by atoms with E-state index in [1.165, 1.54) is 34.8 Å². The van der Waals surface area contributed by atoms with E-state index in [2.05, 4.69) is 15.5 Å². The zero-order chi connectivity index (χ0) is 20.0. The molecule has 0 spiro atoms. The van der Waals surface area contributed by atoms with Crippen molar-refractivity contribution in [3.63, 3.8) is 0 Å². The first kappa shape index (κ1) is 20.5. The maximum atomic E-state index is 12.4. The lowest BCUT2D eigenvalue weighted by atomic mass is 10.1. The van der Waals surface area contributed by atoms with Gasteiger partial charge < -0.3 is 0 Å². The van der Waals surface area contributed by atoms with Gasteiger partial charge in [0.1, 0.15) is 10.7 Å². The van der Waals surface area contributed by atoms with Crippen molar-refractivity contribution in [3.05, 3.63) is 58.3 Å². The summed E-state index contributed by atoms with van der Waals surface area (Å²) >= 11 is 0. The molecule has 0 amide bonds. The largest absolute Gasteiger partial charge is 0.269 e. The summed E-state index contributed by atoms with van der Waals surface area (Å²) in [6.07, 6.45) is 1.28. The molecule has 0 saturated heterocycles. The fraction of sp³-hybridized carbons (Fsp3) is 0.294. The molecule has 0 aliphatic carbocycles. The van der Waals surface area contributed by atoms with Gasteiger partial charge in [0.05, 0.1) is 10.6 Å². The normalized spacial score (nSPS) is 12.2. The number of rotatable bonds is 8. The Morgan fingerprint density at radius 1 is 1.19 bits per heavy atom. The summed E-state index contributed by atoms with van der Waals surface area (Å²) in [5, 5.41) is 14.9. The lowest BCUT2D eigenvalue weighted by Crippen LogP contribution is -2.30. The van der Waals surface area contributed by atoms with Crippen molar-refractivity contribution in [1.29, 1.82) is 0 Å². The Labute approximate surface area is 157 Å². The van der Waals surface area contributed by atoms with Gasteiger partial charge in [0.2, 0.25) is 10.0 Å². The molecule has 0 radical (unpaired) electrons. The molecule has 0 fully saturated rings. The molecular formula is C17H21N5O4S. The van der Waals surface area contributed by atoms with Crippen molar-refractivity contribution in [3.8, 4) is 0 Å². The number of hydrazone groups is 1. The quantitative estimate of drug-likeness (QED) is 0.420. The summed E-state index contributed by atoms with van der Waals surface area (Å²) < 4.78 is 26.2. The average Bonchev–Trinajstić information content (AvgIpc) is 2.67. The van der Waals surface area contributed by atoms with E-state index in [0.717, 1.165) is 0 Å². The summed E-state index contributed by atoms with van der Waals surface area (Å²) in [6, 6.07) is 9.01. The molecule has 0 unspecified atom stereocenters. The van der Waals surface area contributed by atoms with Crippen LogP contribution in [-0.2, 0) is 10.0 Å². The highest BCUT2D eigenvalue weighted by Crippen LogP contribution is 2.16. The fourth-order valence-corrected chi connectivity index (χ4v) is 3.75. The summed E-state index contributed by atoms with van der Waals surface area (Å²) in [4.78, 5) is 14.4. The Morgan fingerprint density at radius 3 is 2.30 bits per heavy atom. The van der Waals surface area contributed by atoms with Crippen molar-refractivity contribution in [2.24, 2.45) is 5.10 Å². The molecule has 144 valence electrons. The fourth-order valence-electron chi connectivity index (χ4n) is 2.34. The van der Waals surface area contributed by atoms with E-state index in [9.17, 15) is 18.5 Å². The molecule has 0 saturated carbocycles. The summed E-state index contributed by atoms with van der Waals surface area (Å²) in [7, 11) is -3.55. The zero-order valence-electron chi connectivity index (χ0n) is 15.3. The maximum Gasteiger partial charge on any atom is 0.269 e. The first-order chi connectivity index (χ1) is 12.8. The third-order valence-electron chi connectivity index (χ3n) is 3.91. The number of anilines is 1. The van der Waals surface area contributed by atoms with Gasteiger partial charge in [-0.25, -0.2) is 13.4 Å². The number of sulfonamides is 1. The number of nitrogens with zero attached hydrogens (tertiary/aromatic N) is 4. The monoisotopic (exact) mass is 391 g/mol. The highest BCUT2D eigenvalue weighted by Gasteiger charge is 2.21. The van der Waals surface area contributed by atoms with Gasteiger partial charge in [0.25, 0.3) is 5.69 Å². The Hall–Kier alpha value is -2.85. The van der Waals surface area contributed by atoms with Gasteiger partial charge in [-0.05, 0) is 36.8 Å². The number of non-ortho nitro benzene ring substituents is 1. The van der Waals surface area contributed by atoms with Crippen LogP contribution in [0, 0.1) is 10.1 Å². The Kier molecular flexibility index (Phi) is 6.59. The van der Waals surface area contributed by atoms with E-state index in [0.29, 0.717) is 30.2 Å². The number of pyridine rings is 1. The van der Waals surface area contributed by atoms with E-state index in [1.807, 2.05) is 0 Å². The molecule has 0 atom stereocenters. The van der Waals surface area contributed by atoms with Crippen LogP contribution in [0.3, 0.4) is 0 Å². The van der Waals surface area contributed by atoms with Gasteiger partial charge in [0, 0.05) is 31.4 Å². The number of benzene rings is 1. The standard InChI is InChI=1S/C17H21N5O4S/c1-4-21(5-2)27(25,26)16-10-11-17(18-12-16)20-19-13(3)14-6-8-15(9-7-14)22(23)24/h6-12H,4-5H2,1-3H3,(H,18,20). The van der Waals surface area contributed by atoms with Crippen molar-refractivity contribution in [2.45, 2.75) is 25.7 Å². The average molecular weight is 391 g/mol. The molecule has 10 heteroatoms. The Morgan fingerprint density at radius 2 is 1.81 bits per heavy atom. The van der Waals surface area contributed by atoms with Crippen LogP contribution in [0.1, 0.15) is 26.3 Å². The second-order valence-corrected chi connectivity index (χ2v) is 7.52. The summed E-state index contributed by atoms with van der Waals surface area (Å²) in [6.45, 7) is 6.07. The number of hydrogen-bond acceptors (Lipinski definition) is 7. The zero-order valence-corrected chi connectivity index (χ0v) is 16.1. The molecule has 1 N–H and O–H groups in total. The van der Waals surface area contributed by atoms with Crippen LogP contribution in [-0.4, -0.2) is 41.4 Å². The number of nitro groups is 1. The SMILES string of the molecule is CCN(CC)S(=O)(=O)c1ccc(NN=C(C)c2ccc([N+](=O)[O-])cc2)nc1. The molecule has 2 rings (SSSR count). The lowest BCUT2D eigenvalue weighted by molar-refractivity contribution is -0.384. The first-order valence-corrected chi connectivity index (χ1v) is 9.75. The van der Waals surface area contributed by atoms with Gasteiger partial charge in [-0.2, -0.15) is 9.41 Å². The molecule has 2 aromatic rings. The maximum absolute atomic E-state index is 12.4. The Bertz CT molecular complexity index is 921. The molecule has 0 aliphatic heterocycles.